The van der Waals surface area contributed by atoms with Crippen LogP contribution in [0.3, 0.4) is 0 Å². The zero-order valence-corrected chi connectivity index (χ0v) is 27.1. The number of benzene rings is 7. The molecule has 6 heteroatoms. The van der Waals surface area contributed by atoms with E-state index in [0.717, 1.165) is 88.1 Å². The van der Waals surface area contributed by atoms with Gasteiger partial charge in [0.25, 0.3) is 0 Å². The van der Waals surface area contributed by atoms with E-state index in [4.69, 9.17) is 23.8 Å². The molecule has 0 aliphatic carbocycles. The first-order valence-electron chi connectivity index (χ1n) is 16.9. The lowest BCUT2D eigenvalue weighted by molar-refractivity contribution is 0.668. The van der Waals surface area contributed by atoms with Crippen molar-refractivity contribution in [2.75, 3.05) is 0 Å². The van der Waals surface area contributed by atoms with Gasteiger partial charge in [-0.1, -0.05) is 91.0 Å². The van der Waals surface area contributed by atoms with Gasteiger partial charge in [-0.05, 0) is 66.7 Å². The van der Waals surface area contributed by atoms with Crippen LogP contribution >= 0.6 is 0 Å². The van der Waals surface area contributed by atoms with Crippen LogP contribution in [0.15, 0.2) is 167 Å². The summed E-state index contributed by atoms with van der Waals surface area (Å²) >= 11 is 0. The van der Waals surface area contributed by atoms with Crippen molar-refractivity contribution in [1.29, 1.82) is 0 Å². The molecule has 11 rings (SSSR count). The van der Waals surface area contributed by atoms with Gasteiger partial charge in [-0.15, -0.1) is 0 Å². The molecule has 0 aliphatic heterocycles. The quantitative estimate of drug-likeness (QED) is 0.189. The molecule has 0 amide bonds. The summed E-state index contributed by atoms with van der Waals surface area (Å²) in [5.41, 5.74) is 9.26. The van der Waals surface area contributed by atoms with Crippen LogP contribution in [-0.4, -0.2) is 19.5 Å². The lowest BCUT2D eigenvalue weighted by atomic mass is 10.0. The van der Waals surface area contributed by atoms with Crippen LogP contribution < -0.4 is 0 Å². The molecule has 11 aromatic rings. The Labute approximate surface area is 290 Å². The van der Waals surface area contributed by atoms with E-state index in [-0.39, 0.29) is 0 Å². The number of fused-ring (bicyclic) bond motifs is 9. The average Bonchev–Trinajstić information content (AvgIpc) is 3.87. The van der Waals surface area contributed by atoms with Crippen molar-refractivity contribution in [3.8, 4) is 39.9 Å². The van der Waals surface area contributed by atoms with E-state index in [0.29, 0.717) is 17.5 Å². The molecule has 4 aromatic heterocycles. The summed E-state index contributed by atoms with van der Waals surface area (Å²) in [7, 11) is 0. The second-order valence-corrected chi connectivity index (χ2v) is 12.8. The van der Waals surface area contributed by atoms with Gasteiger partial charge in [0.05, 0.1) is 11.0 Å². The largest absolute Gasteiger partial charge is 0.456 e. The summed E-state index contributed by atoms with van der Waals surface area (Å²) in [6.07, 6.45) is 0. The second kappa shape index (κ2) is 10.7. The van der Waals surface area contributed by atoms with Crippen molar-refractivity contribution in [3.05, 3.63) is 158 Å². The van der Waals surface area contributed by atoms with Gasteiger partial charge in [-0.3, -0.25) is 0 Å². The first-order valence-corrected chi connectivity index (χ1v) is 16.9. The Kier molecular flexibility index (Phi) is 5.86. The smallest absolute Gasteiger partial charge is 0.164 e. The number of rotatable bonds is 4. The molecular formula is C45H26N4O2. The third kappa shape index (κ3) is 4.26. The minimum Gasteiger partial charge on any atom is -0.456 e. The Hall–Kier alpha value is -7.05. The summed E-state index contributed by atoms with van der Waals surface area (Å²) in [5, 5.41) is 6.42. The average molecular weight is 655 g/mol. The zero-order chi connectivity index (χ0) is 33.5. The number of para-hydroxylation sites is 4. The van der Waals surface area contributed by atoms with Crippen molar-refractivity contribution < 1.29 is 8.83 Å². The third-order valence-corrected chi connectivity index (χ3v) is 9.86. The van der Waals surface area contributed by atoms with E-state index in [2.05, 4.69) is 102 Å². The van der Waals surface area contributed by atoms with Crippen LogP contribution in [0, 0.1) is 0 Å². The van der Waals surface area contributed by atoms with Crippen LogP contribution in [0.1, 0.15) is 0 Å². The number of furan rings is 2. The predicted molar refractivity (Wildman–Crippen MR) is 205 cm³/mol. The highest BCUT2D eigenvalue weighted by Crippen LogP contribution is 2.39. The van der Waals surface area contributed by atoms with Gasteiger partial charge < -0.3 is 13.4 Å². The first kappa shape index (κ1) is 27.9. The number of nitrogens with zero attached hydrogens (tertiary/aromatic N) is 4. The van der Waals surface area contributed by atoms with E-state index in [1.54, 1.807) is 0 Å². The van der Waals surface area contributed by atoms with Gasteiger partial charge in [-0.2, -0.15) is 0 Å². The summed E-state index contributed by atoms with van der Waals surface area (Å²) < 4.78 is 14.8. The fourth-order valence-corrected chi connectivity index (χ4v) is 7.55. The highest BCUT2D eigenvalue weighted by Gasteiger charge is 2.20. The van der Waals surface area contributed by atoms with Crippen molar-refractivity contribution in [1.82, 2.24) is 19.5 Å². The predicted octanol–water partition coefficient (Wildman–Crippen LogP) is 11.8. The number of hydrogen-bond acceptors (Lipinski definition) is 5. The van der Waals surface area contributed by atoms with Crippen LogP contribution in [0.4, 0.5) is 0 Å². The van der Waals surface area contributed by atoms with Crippen molar-refractivity contribution in [2.45, 2.75) is 0 Å². The van der Waals surface area contributed by atoms with Crippen LogP contribution in [0.5, 0.6) is 0 Å². The van der Waals surface area contributed by atoms with E-state index in [1.165, 1.54) is 0 Å². The summed E-state index contributed by atoms with van der Waals surface area (Å²) in [4.78, 5) is 15.6. The fraction of sp³-hybridized carbons (Fsp3) is 0. The number of hydrogen-bond donors (Lipinski definition) is 0. The van der Waals surface area contributed by atoms with Gasteiger partial charge in [-0.25, -0.2) is 15.0 Å². The first-order chi connectivity index (χ1) is 25.3. The Bertz CT molecular complexity index is 3150. The molecule has 0 N–H and O–H groups in total. The monoisotopic (exact) mass is 654 g/mol. The highest BCUT2D eigenvalue weighted by molar-refractivity contribution is 6.15. The molecule has 238 valence electrons. The van der Waals surface area contributed by atoms with Crippen LogP contribution in [0.2, 0.25) is 0 Å². The van der Waals surface area contributed by atoms with Gasteiger partial charge in [0, 0.05) is 54.7 Å². The normalized spacial score (nSPS) is 11.9. The molecule has 51 heavy (non-hydrogen) atoms. The highest BCUT2D eigenvalue weighted by atomic mass is 16.3. The fourth-order valence-electron chi connectivity index (χ4n) is 7.55. The SMILES string of the molecule is c1ccc(-n2c3ccccc3c3c(-c4nc(-c5ccc6c(c5)oc5ccccc56)nc(-c5ccc6oc7ccccc7c6c5)n4)cccc32)cc1. The van der Waals surface area contributed by atoms with Gasteiger partial charge >= 0.3 is 0 Å². The second-order valence-electron chi connectivity index (χ2n) is 12.8. The van der Waals surface area contributed by atoms with Gasteiger partial charge in [0.2, 0.25) is 0 Å². The summed E-state index contributed by atoms with van der Waals surface area (Å²) in [6.45, 7) is 0. The van der Waals surface area contributed by atoms with E-state index in [9.17, 15) is 0 Å². The molecule has 0 saturated heterocycles. The lowest BCUT2D eigenvalue weighted by Crippen LogP contribution is -2.00. The lowest BCUT2D eigenvalue weighted by Gasteiger charge is -2.10. The van der Waals surface area contributed by atoms with Crippen molar-refractivity contribution in [2.24, 2.45) is 0 Å². The Morgan fingerprint density at radius 2 is 0.941 bits per heavy atom. The van der Waals surface area contributed by atoms with E-state index >= 15 is 0 Å². The van der Waals surface area contributed by atoms with Crippen LogP contribution in [-0.2, 0) is 0 Å². The molecule has 6 nitrogen and oxygen atoms in total. The third-order valence-electron chi connectivity index (χ3n) is 9.86. The van der Waals surface area contributed by atoms with Gasteiger partial charge in [0.1, 0.15) is 22.3 Å². The van der Waals surface area contributed by atoms with Crippen molar-refractivity contribution >= 4 is 65.7 Å². The molecule has 7 aromatic carbocycles. The summed E-state index contributed by atoms with van der Waals surface area (Å²) in [5.74, 6) is 1.74. The molecule has 0 unspecified atom stereocenters. The summed E-state index contributed by atoms with van der Waals surface area (Å²) in [6, 6.07) is 53.9. The minimum atomic E-state index is 0.568. The Morgan fingerprint density at radius 1 is 0.373 bits per heavy atom. The standard InChI is InChI=1S/C45H26N4O2/c1-2-11-29(12-3-1)49-36-17-7-4-15-33(36)42-34(16-10-18-37(42)49)45-47-43(27-22-24-40-35(25-27)31-14-6-9-20-39(31)50-40)46-44(48-45)28-21-23-32-30-13-5-8-19-38(30)51-41(32)26-28/h1-26H. The Morgan fingerprint density at radius 3 is 1.75 bits per heavy atom. The molecule has 0 fully saturated rings. The molecule has 0 aliphatic rings. The molecule has 0 bridgehead atoms. The molecule has 0 radical (unpaired) electrons. The molecular weight excluding hydrogens is 629 g/mol. The van der Waals surface area contributed by atoms with Crippen molar-refractivity contribution in [3.63, 3.8) is 0 Å². The zero-order valence-electron chi connectivity index (χ0n) is 27.1. The van der Waals surface area contributed by atoms with E-state index in [1.807, 2.05) is 60.7 Å². The maximum Gasteiger partial charge on any atom is 0.164 e. The molecule has 0 atom stereocenters. The molecule has 4 heterocycles. The van der Waals surface area contributed by atoms with E-state index < -0.39 is 0 Å². The maximum atomic E-state index is 6.29. The maximum absolute atomic E-state index is 6.29. The van der Waals surface area contributed by atoms with Gasteiger partial charge in [0.15, 0.2) is 17.5 Å². The number of aromatic nitrogens is 4. The Balaban J connectivity index is 1.18. The molecule has 0 saturated carbocycles. The van der Waals surface area contributed by atoms with Crippen LogP contribution in [0.25, 0.3) is 106 Å². The minimum absolute atomic E-state index is 0.568. The molecule has 0 spiro atoms. The topological polar surface area (TPSA) is 69.9 Å².